The van der Waals surface area contributed by atoms with E-state index in [9.17, 15) is 22.0 Å². The van der Waals surface area contributed by atoms with Crippen LogP contribution in [0.25, 0.3) is 0 Å². The first-order valence-corrected chi connectivity index (χ1v) is 6.92. The maximum absolute atomic E-state index is 13.7. The van der Waals surface area contributed by atoms with Crippen LogP contribution in [0.4, 0.5) is 27.6 Å². The minimum atomic E-state index is -2.13. The lowest BCUT2D eigenvalue weighted by molar-refractivity contribution is 0.176. The molecule has 2 rings (SSSR count). The summed E-state index contributed by atoms with van der Waals surface area (Å²) in [5.74, 6) is -9.50. The lowest BCUT2D eigenvalue weighted by Gasteiger charge is -2.40. The van der Waals surface area contributed by atoms with Crippen molar-refractivity contribution in [1.29, 1.82) is 0 Å². The summed E-state index contributed by atoms with van der Waals surface area (Å²) in [4.78, 5) is 0. The van der Waals surface area contributed by atoms with Gasteiger partial charge in [0, 0.05) is 6.04 Å². The molecule has 0 amide bonds. The van der Waals surface area contributed by atoms with E-state index in [-0.39, 0.29) is 17.4 Å². The van der Waals surface area contributed by atoms with E-state index in [4.69, 9.17) is 0 Å². The second-order valence-corrected chi connectivity index (χ2v) is 6.58. The third-order valence-electron chi connectivity index (χ3n) is 4.23. The SMILES string of the molecule is CC1CC(C)(C)CCC1Nc1c(F)c(F)c(F)c(F)c1F. The molecule has 6 heteroatoms. The molecule has 0 radical (unpaired) electrons. The van der Waals surface area contributed by atoms with Crippen molar-refractivity contribution in [3.63, 3.8) is 0 Å². The van der Waals surface area contributed by atoms with Gasteiger partial charge in [-0.2, -0.15) is 0 Å². The van der Waals surface area contributed by atoms with Crippen LogP contribution in [0, 0.1) is 40.4 Å². The number of hydrogen-bond acceptors (Lipinski definition) is 1. The van der Waals surface area contributed by atoms with E-state index in [1.807, 2.05) is 6.92 Å². The van der Waals surface area contributed by atoms with Crippen molar-refractivity contribution in [2.45, 2.75) is 46.1 Å². The minimum absolute atomic E-state index is 0.0729. The zero-order valence-electron chi connectivity index (χ0n) is 12.2. The fourth-order valence-electron chi connectivity index (χ4n) is 3.08. The molecule has 0 aromatic heterocycles. The van der Waals surface area contributed by atoms with Gasteiger partial charge in [0.05, 0.1) is 0 Å². The number of anilines is 1. The predicted molar refractivity (Wildman–Crippen MR) is 70.4 cm³/mol. The van der Waals surface area contributed by atoms with Crippen molar-refractivity contribution >= 4 is 5.69 Å². The molecule has 0 heterocycles. The molecule has 1 aliphatic rings. The Morgan fingerprint density at radius 2 is 1.38 bits per heavy atom. The van der Waals surface area contributed by atoms with Gasteiger partial charge in [-0.15, -0.1) is 0 Å². The number of nitrogens with one attached hydrogen (secondary N) is 1. The molecule has 1 fully saturated rings. The molecule has 1 aromatic rings. The van der Waals surface area contributed by atoms with E-state index in [0.717, 1.165) is 12.8 Å². The van der Waals surface area contributed by atoms with E-state index >= 15 is 0 Å². The van der Waals surface area contributed by atoms with Gasteiger partial charge >= 0.3 is 0 Å². The highest BCUT2D eigenvalue weighted by molar-refractivity contribution is 5.48. The Bertz CT molecular complexity index is 526. The van der Waals surface area contributed by atoms with Crippen LogP contribution in [-0.4, -0.2) is 6.04 Å². The van der Waals surface area contributed by atoms with Gasteiger partial charge in [-0.25, -0.2) is 22.0 Å². The van der Waals surface area contributed by atoms with Crippen molar-refractivity contribution in [3.05, 3.63) is 29.1 Å². The Balaban J connectivity index is 2.29. The standard InChI is InChI=1S/C15H18F5N/c1-7-6-15(2,3)5-4-8(7)21-14-12(19)10(17)9(16)11(18)13(14)20/h7-8,21H,4-6H2,1-3H3. The molecule has 0 spiro atoms. The topological polar surface area (TPSA) is 12.0 Å². The van der Waals surface area contributed by atoms with Gasteiger partial charge in [0.25, 0.3) is 0 Å². The van der Waals surface area contributed by atoms with E-state index in [1.165, 1.54) is 0 Å². The van der Waals surface area contributed by atoms with E-state index in [0.29, 0.717) is 6.42 Å². The summed E-state index contributed by atoms with van der Waals surface area (Å²) < 4.78 is 66.7. The smallest absolute Gasteiger partial charge is 0.200 e. The zero-order valence-corrected chi connectivity index (χ0v) is 12.2. The molecule has 2 atom stereocenters. The highest BCUT2D eigenvalue weighted by Gasteiger charge is 2.34. The third kappa shape index (κ3) is 2.99. The van der Waals surface area contributed by atoms with Crippen LogP contribution in [0.2, 0.25) is 0 Å². The van der Waals surface area contributed by atoms with Crippen LogP contribution in [0.1, 0.15) is 40.0 Å². The molecule has 1 nitrogen and oxygen atoms in total. The van der Waals surface area contributed by atoms with Crippen LogP contribution in [-0.2, 0) is 0 Å². The molecular formula is C15H18F5N. The van der Waals surface area contributed by atoms with Gasteiger partial charge in [0.15, 0.2) is 23.3 Å². The molecule has 1 saturated carbocycles. The van der Waals surface area contributed by atoms with E-state index in [2.05, 4.69) is 19.2 Å². The van der Waals surface area contributed by atoms with Crippen molar-refractivity contribution in [1.82, 2.24) is 0 Å². The predicted octanol–water partition coefficient (Wildman–Crippen LogP) is 5.01. The largest absolute Gasteiger partial charge is 0.377 e. The van der Waals surface area contributed by atoms with Crippen molar-refractivity contribution in [2.75, 3.05) is 5.32 Å². The molecule has 0 saturated heterocycles. The van der Waals surface area contributed by atoms with Crippen molar-refractivity contribution < 1.29 is 22.0 Å². The Morgan fingerprint density at radius 3 is 1.86 bits per heavy atom. The first-order valence-electron chi connectivity index (χ1n) is 6.92. The average Bonchev–Trinajstić information content (AvgIpc) is 2.40. The fourth-order valence-corrected chi connectivity index (χ4v) is 3.08. The lowest BCUT2D eigenvalue weighted by atomic mass is 9.70. The Hall–Kier alpha value is -1.33. The molecule has 0 aliphatic heterocycles. The Kier molecular flexibility index (Phi) is 4.17. The van der Waals surface area contributed by atoms with Crippen LogP contribution < -0.4 is 5.32 Å². The monoisotopic (exact) mass is 307 g/mol. The van der Waals surface area contributed by atoms with Gasteiger partial charge in [0.1, 0.15) is 5.69 Å². The molecule has 1 aliphatic carbocycles. The summed E-state index contributed by atoms with van der Waals surface area (Å²) in [7, 11) is 0. The van der Waals surface area contributed by atoms with Crippen LogP contribution in [0.15, 0.2) is 0 Å². The number of hydrogen-bond donors (Lipinski definition) is 1. The Labute approximate surface area is 120 Å². The van der Waals surface area contributed by atoms with E-state index in [1.54, 1.807) is 0 Å². The van der Waals surface area contributed by atoms with Gasteiger partial charge in [-0.05, 0) is 30.6 Å². The van der Waals surface area contributed by atoms with Crippen LogP contribution >= 0.6 is 0 Å². The zero-order chi connectivity index (χ0) is 15.9. The maximum Gasteiger partial charge on any atom is 0.200 e. The highest BCUT2D eigenvalue weighted by Crippen LogP contribution is 2.40. The normalized spacial score (nSPS) is 25.0. The molecular weight excluding hydrogens is 289 g/mol. The summed E-state index contributed by atoms with van der Waals surface area (Å²) in [6.45, 7) is 6.10. The fraction of sp³-hybridized carbons (Fsp3) is 0.600. The lowest BCUT2D eigenvalue weighted by Crippen LogP contribution is -2.37. The Morgan fingerprint density at radius 1 is 0.905 bits per heavy atom. The van der Waals surface area contributed by atoms with E-state index < -0.39 is 34.8 Å². The highest BCUT2D eigenvalue weighted by atomic mass is 19.2. The molecule has 2 unspecified atom stereocenters. The summed E-state index contributed by atoms with van der Waals surface area (Å²) in [6.07, 6.45) is 2.26. The van der Waals surface area contributed by atoms with Crippen molar-refractivity contribution in [3.8, 4) is 0 Å². The molecule has 21 heavy (non-hydrogen) atoms. The van der Waals surface area contributed by atoms with Gasteiger partial charge < -0.3 is 5.32 Å². The summed E-state index contributed by atoms with van der Waals surface area (Å²) in [5.41, 5.74) is -0.809. The van der Waals surface area contributed by atoms with Gasteiger partial charge in [-0.3, -0.25) is 0 Å². The van der Waals surface area contributed by atoms with Gasteiger partial charge in [0.2, 0.25) is 5.82 Å². The molecule has 1 N–H and O–H groups in total. The second kappa shape index (κ2) is 5.46. The van der Waals surface area contributed by atoms with Crippen LogP contribution in [0.3, 0.4) is 0 Å². The molecule has 0 bridgehead atoms. The van der Waals surface area contributed by atoms with Crippen LogP contribution in [0.5, 0.6) is 0 Å². The summed E-state index contributed by atoms with van der Waals surface area (Å²) in [6, 6.07) is -0.314. The number of rotatable bonds is 2. The summed E-state index contributed by atoms with van der Waals surface area (Å²) >= 11 is 0. The first kappa shape index (κ1) is 16.0. The quantitative estimate of drug-likeness (QED) is 0.460. The van der Waals surface area contributed by atoms with Gasteiger partial charge in [-0.1, -0.05) is 20.8 Å². The number of benzene rings is 1. The third-order valence-corrected chi connectivity index (χ3v) is 4.23. The first-order chi connectivity index (χ1) is 9.64. The molecule has 1 aromatic carbocycles. The maximum atomic E-state index is 13.7. The number of halogens is 5. The second-order valence-electron chi connectivity index (χ2n) is 6.58. The minimum Gasteiger partial charge on any atom is -0.377 e. The molecule has 118 valence electrons. The average molecular weight is 307 g/mol. The van der Waals surface area contributed by atoms with Crippen molar-refractivity contribution in [2.24, 2.45) is 11.3 Å². The summed E-state index contributed by atoms with van der Waals surface area (Å²) in [5, 5.41) is 2.52.